The first-order valence-corrected chi connectivity index (χ1v) is 21.6. The molecule has 0 saturated heterocycles. The molecule has 2 atom stereocenters. The van der Waals surface area contributed by atoms with E-state index in [2.05, 4.69) is 56.4 Å². The van der Waals surface area contributed by atoms with E-state index in [-0.39, 0.29) is 26.1 Å². The van der Waals surface area contributed by atoms with Crippen LogP contribution in [0.4, 0.5) is 0 Å². The maximum atomic E-state index is 12.5. The third kappa shape index (κ3) is 37.3. The van der Waals surface area contributed by atoms with Gasteiger partial charge in [-0.1, -0.05) is 171 Å². The molecule has 0 aromatic heterocycles. The minimum atomic E-state index is -4.30. The maximum absolute atomic E-state index is 12.5. The lowest BCUT2D eigenvalue weighted by molar-refractivity contribution is -0.160. The highest BCUT2D eigenvalue weighted by Crippen LogP contribution is 2.43. The lowest BCUT2D eigenvalue weighted by Gasteiger charge is -2.19. The summed E-state index contributed by atoms with van der Waals surface area (Å²) in [6, 6.07) is 0. The van der Waals surface area contributed by atoms with Gasteiger partial charge in [-0.2, -0.15) is 0 Å². The third-order valence-electron chi connectivity index (χ3n) is 8.12. The highest BCUT2D eigenvalue weighted by Gasteiger charge is 2.25. The van der Waals surface area contributed by atoms with Gasteiger partial charge in [0.15, 0.2) is 6.10 Å². The fourth-order valence-corrected chi connectivity index (χ4v) is 5.99. The molecule has 0 bridgehead atoms. The fraction of sp³-hybridized carbons (Fsp3) is 0.714. The molecule has 0 rings (SSSR count). The molecule has 0 saturated carbocycles. The van der Waals surface area contributed by atoms with Gasteiger partial charge in [-0.05, 0) is 45.4 Å². The molecule has 8 nitrogen and oxygen atoms in total. The van der Waals surface area contributed by atoms with Crippen LogP contribution >= 0.6 is 7.82 Å². The van der Waals surface area contributed by atoms with Crippen molar-refractivity contribution in [3.63, 3.8) is 0 Å². The molecule has 0 aliphatic heterocycles. The van der Waals surface area contributed by atoms with Gasteiger partial charge in [0.05, 0.1) is 19.6 Å². The summed E-state index contributed by atoms with van der Waals surface area (Å²) in [5.74, 6) is -0.945. The Hall–Kier alpha value is -2.25. The van der Waals surface area contributed by atoms with Crippen LogP contribution in [0.2, 0.25) is 0 Å². The average molecular weight is 737 g/mol. The Balaban J connectivity index is 4.24. The Bertz CT molecular complexity index is 1020. The van der Waals surface area contributed by atoms with Crippen molar-refractivity contribution in [3.05, 3.63) is 60.8 Å². The molecule has 1 N–H and O–H groups in total. The normalized spacial score (nSPS) is 14.0. The van der Waals surface area contributed by atoms with Crippen LogP contribution < -0.4 is 0 Å². The molecule has 0 aliphatic carbocycles. The largest absolute Gasteiger partial charge is 0.472 e. The number of hydrogen-bond donors (Lipinski definition) is 1. The molecule has 294 valence electrons. The van der Waals surface area contributed by atoms with Crippen molar-refractivity contribution in [1.82, 2.24) is 0 Å². The average Bonchev–Trinajstić information content (AvgIpc) is 3.10. The third-order valence-corrected chi connectivity index (χ3v) is 9.18. The van der Waals surface area contributed by atoms with E-state index in [1.54, 1.807) is 13.0 Å². The second kappa shape index (κ2) is 37.5. The molecule has 9 heteroatoms. The second-order valence-electron chi connectivity index (χ2n) is 12.9. The number of allylic oxidation sites excluding steroid dienone is 9. The molecule has 0 aliphatic rings. The number of ether oxygens (including phenoxy) is 2. The molecule has 0 fully saturated rings. The maximum Gasteiger partial charge on any atom is 0.472 e. The Morgan fingerprint density at radius 3 is 1.43 bits per heavy atom. The smallest absolute Gasteiger partial charge is 0.462 e. The second-order valence-corrected chi connectivity index (χ2v) is 14.4. The SMILES string of the molecule is CC/C=C\C/C=C\C/C=C\C/C=C\C/C=C\CC(=O)OC(COC(=O)CCCCCCCCCCCCCCCCCC)COP(=O)(O)OCC. The topological polar surface area (TPSA) is 108 Å². The van der Waals surface area contributed by atoms with Gasteiger partial charge in [-0.15, -0.1) is 0 Å². The van der Waals surface area contributed by atoms with Gasteiger partial charge in [-0.25, -0.2) is 4.57 Å². The zero-order valence-corrected chi connectivity index (χ0v) is 33.4. The van der Waals surface area contributed by atoms with E-state index in [1.807, 2.05) is 12.2 Å². The Labute approximate surface area is 311 Å². The highest BCUT2D eigenvalue weighted by molar-refractivity contribution is 7.47. The van der Waals surface area contributed by atoms with Gasteiger partial charge in [-0.3, -0.25) is 18.6 Å². The molecule has 0 amide bonds. The van der Waals surface area contributed by atoms with Gasteiger partial charge in [0.25, 0.3) is 0 Å². The highest BCUT2D eigenvalue weighted by atomic mass is 31.2. The quantitative estimate of drug-likeness (QED) is 0.0293. The van der Waals surface area contributed by atoms with Crippen LogP contribution in [0, 0.1) is 0 Å². The van der Waals surface area contributed by atoms with Gasteiger partial charge in [0, 0.05) is 6.42 Å². The summed E-state index contributed by atoms with van der Waals surface area (Å²) in [6.45, 7) is 5.24. The summed E-state index contributed by atoms with van der Waals surface area (Å²) in [4.78, 5) is 34.6. The number of phosphoric ester groups is 1. The van der Waals surface area contributed by atoms with Crippen LogP contribution in [-0.2, 0) is 32.7 Å². The van der Waals surface area contributed by atoms with E-state index < -0.39 is 32.5 Å². The van der Waals surface area contributed by atoms with Gasteiger partial charge in [0.2, 0.25) is 0 Å². The minimum absolute atomic E-state index is 0.0133. The van der Waals surface area contributed by atoms with E-state index in [9.17, 15) is 19.0 Å². The van der Waals surface area contributed by atoms with E-state index in [0.29, 0.717) is 6.42 Å². The fourth-order valence-electron chi connectivity index (χ4n) is 5.23. The molecule has 0 aromatic carbocycles. The van der Waals surface area contributed by atoms with Crippen molar-refractivity contribution in [3.8, 4) is 0 Å². The van der Waals surface area contributed by atoms with Crippen molar-refractivity contribution >= 4 is 19.8 Å². The summed E-state index contributed by atoms with van der Waals surface area (Å²) in [7, 11) is -4.30. The van der Waals surface area contributed by atoms with Crippen molar-refractivity contribution in [2.45, 2.75) is 175 Å². The van der Waals surface area contributed by atoms with Gasteiger partial charge < -0.3 is 14.4 Å². The molecule has 0 aromatic rings. The predicted octanol–water partition coefficient (Wildman–Crippen LogP) is 12.4. The first-order chi connectivity index (χ1) is 24.8. The summed E-state index contributed by atoms with van der Waals surface area (Å²) < 4.78 is 32.4. The number of hydrogen-bond acceptors (Lipinski definition) is 7. The van der Waals surface area contributed by atoms with E-state index in [1.165, 1.54) is 83.5 Å². The van der Waals surface area contributed by atoms with Crippen LogP contribution in [-0.4, -0.2) is 42.8 Å². The molecular formula is C42H73O8P. The van der Waals surface area contributed by atoms with Crippen molar-refractivity contribution < 1.29 is 37.6 Å². The molecule has 0 radical (unpaired) electrons. The van der Waals surface area contributed by atoms with Crippen LogP contribution in [0.3, 0.4) is 0 Å². The predicted molar refractivity (Wildman–Crippen MR) is 211 cm³/mol. The van der Waals surface area contributed by atoms with Crippen molar-refractivity contribution in [1.29, 1.82) is 0 Å². The molecule has 51 heavy (non-hydrogen) atoms. The van der Waals surface area contributed by atoms with Crippen LogP contribution in [0.15, 0.2) is 60.8 Å². The zero-order chi connectivity index (χ0) is 37.5. The lowest BCUT2D eigenvalue weighted by Crippen LogP contribution is -2.29. The van der Waals surface area contributed by atoms with Crippen LogP contribution in [0.5, 0.6) is 0 Å². The Morgan fingerprint density at radius 2 is 0.980 bits per heavy atom. The number of carbonyl (C=O) groups excluding carboxylic acids is 2. The molecule has 2 unspecified atom stereocenters. The zero-order valence-electron chi connectivity index (χ0n) is 32.5. The molecule has 0 heterocycles. The number of unbranched alkanes of at least 4 members (excludes halogenated alkanes) is 15. The summed E-state index contributed by atoms with van der Waals surface area (Å²) in [5, 5.41) is 0. The van der Waals surface area contributed by atoms with E-state index in [0.717, 1.165) is 44.9 Å². The molecular weight excluding hydrogens is 663 g/mol. The van der Waals surface area contributed by atoms with E-state index in [4.69, 9.17) is 18.5 Å². The van der Waals surface area contributed by atoms with Crippen molar-refractivity contribution in [2.24, 2.45) is 0 Å². The lowest BCUT2D eigenvalue weighted by atomic mass is 10.0. The Kier molecular flexibility index (Phi) is 35.9. The number of rotatable bonds is 36. The number of carbonyl (C=O) groups is 2. The van der Waals surface area contributed by atoms with Crippen LogP contribution in [0.25, 0.3) is 0 Å². The van der Waals surface area contributed by atoms with Gasteiger partial charge in [0.1, 0.15) is 6.61 Å². The number of esters is 2. The standard InChI is InChI=1S/C42H73O8P/c1-4-7-9-11-13-15-17-19-21-23-24-26-28-30-32-34-36-41(43)47-38-40(39-49-51(45,46)48-6-3)50-42(44)37-35-33-31-29-27-25-22-20-18-16-14-12-10-8-5-2/h8,10,14,16,20,22,27,29,33,35,40H,4-7,9,11-13,15,17-19,21,23-26,28,30-32,34,36-39H2,1-3H3,(H,45,46)/b10-8-,16-14-,22-20-,29-27-,35-33-. The van der Waals surface area contributed by atoms with Crippen molar-refractivity contribution in [2.75, 3.05) is 19.8 Å². The molecule has 0 spiro atoms. The van der Waals surface area contributed by atoms with Crippen LogP contribution in [0.1, 0.15) is 168 Å². The minimum Gasteiger partial charge on any atom is -0.462 e. The summed E-state index contributed by atoms with van der Waals surface area (Å²) >= 11 is 0. The monoisotopic (exact) mass is 737 g/mol. The summed E-state index contributed by atoms with van der Waals surface area (Å²) in [6.07, 6.45) is 44.5. The first-order valence-electron chi connectivity index (χ1n) is 20.1. The number of phosphoric acid groups is 1. The first kappa shape index (κ1) is 48.8. The summed E-state index contributed by atoms with van der Waals surface area (Å²) in [5.41, 5.74) is 0. The Morgan fingerprint density at radius 1 is 0.549 bits per heavy atom. The van der Waals surface area contributed by atoms with Gasteiger partial charge >= 0.3 is 19.8 Å². The van der Waals surface area contributed by atoms with E-state index >= 15 is 0 Å².